The number of hydrogen-bond donors (Lipinski definition) is 2. The van der Waals surface area contributed by atoms with Crippen LogP contribution in [0.1, 0.15) is 15.9 Å². The Balaban J connectivity index is 2.07. The summed E-state index contributed by atoms with van der Waals surface area (Å²) < 4.78 is 0. The molecular weight excluding hydrogens is 354 g/mol. The standard InChI is InChI=1S/C16H15BrClNO2/c17-10-13(8-11-4-2-1-3-5-11)19-16(21)14-9-12(18)6-7-15(14)20/h1-7,9,13,20H,8,10H2,(H,19,21). The summed E-state index contributed by atoms with van der Waals surface area (Å²) in [6.45, 7) is 0. The average molecular weight is 369 g/mol. The lowest BCUT2D eigenvalue weighted by molar-refractivity contribution is 0.0938. The van der Waals surface area contributed by atoms with E-state index in [1.807, 2.05) is 30.3 Å². The van der Waals surface area contributed by atoms with Crippen molar-refractivity contribution in [3.05, 3.63) is 64.7 Å². The smallest absolute Gasteiger partial charge is 0.255 e. The third-order valence-corrected chi connectivity index (χ3v) is 4.07. The van der Waals surface area contributed by atoms with Gasteiger partial charge in [-0.15, -0.1) is 0 Å². The molecule has 21 heavy (non-hydrogen) atoms. The van der Waals surface area contributed by atoms with E-state index in [1.165, 1.54) is 12.1 Å². The largest absolute Gasteiger partial charge is 0.507 e. The van der Waals surface area contributed by atoms with E-state index in [0.29, 0.717) is 16.8 Å². The van der Waals surface area contributed by atoms with E-state index in [9.17, 15) is 9.90 Å². The zero-order valence-corrected chi connectivity index (χ0v) is 13.6. The van der Waals surface area contributed by atoms with Crippen LogP contribution in [-0.2, 0) is 6.42 Å². The summed E-state index contributed by atoms with van der Waals surface area (Å²) in [5, 5.41) is 13.7. The van der Waals surface area contributed by atoms with Crippen LogP contribution in [-0.4, -0.2) is 22.4 Å². The number of nitrogens with one attached hydrogen (secondary N) is 1. The van der Waals surface area contributed by atoms with Gasteiger partial charge >= 0.3 is 0 Å². The van der Waals surface area contributed by atoms with Crippen LogP contribution in [0.5, 0.6) is 5.75 Å². The fourth-order valence-corrected chi connectivity index (χ4v) is 2.56. The van der Waals surface area contributed by atoms with E-state index < -0.39 is 0 Å². The molecular formula is C16H15BrClNO2. The first-order chi connectivity index (χ1) is 10.1. The first-order valence-electron chi connectivity index (χ1n) is 6.49. The van der Waals surface area contributed by atoms with Gasteiger partial charge in [0.25, 0.3) is 5.91 Å². The van der Waals surface area contributed by atoms with Crippen molar-refractivity contribution in [1.82, 2.24) is 5.32 Å². The summed E-state index contributed by atoms with van der Waals surface area (Å²) in [6, 6.07) is 14.2. The number of alkyl halides is 1. The van der Waals surface area contributed by atoms with Gasteiger partial charge in [-0.2, -0.15) is 0 Å². The quantitative estimate of drug-likeness (QED) is 0.789. The molecule has 2 aromatic rings. The predicted octanol–water partition coefficient (Wildman–Crippen LogP) is 3.78. The molecule has 0 spiro atoms. The van der Waals surface area contributed by atoms with Crippen LogP contribution < -0.4 is 5.32 Å². The van der Waals surface area contributed by atoms with Crippen LogP contribution in [0.4, 0.5) is 0 Å². The third kappa shape index (κ3) is 4.48. The monoisotopic (exact) mass is 367 g/mol. The Kier molecular flexibility index (Phi) is 5.65. The van der Waals surface area contributed by atoms with Gasteiger partial charge in [0, 0.05) is 16.4 Å². The van der Waals surface area contributed by atoms with Gasteiger partial charge in [-0.1, -0.05) is 57.9 Å². The Labute approximate surface area is 137 Å². The minimum atomic E-state index is -0.338. The van der Waals surface area contributed by atoms with E-state index in [1.54, 1.807) is 6.07 Å². The lowest BCUT2D eigenvalue weighted by atomic mass is 10.1. The number of carbonyl (C=O) groups is 1. The van der Waals surface area contributed by atoms with Crippen LogP contribution in [0.25, 0.3) is 0 Å². The number of rotatable bonds is 5. The fraction of sp³-hybridized carbons (Fsp3) is 0.188. The molecule has 110 valence electrons. The molecule has 1 atom stereocenters. The molecule has 0 aliphatic carbocycles. The molecule has 0 heterocycles. The summed E-state index contributed by atoms with van der Waals surface area (Å²) in [7, 11) is 0. The molecule has 0 saturated heterocycles. The summed E-state index contributed by atoms with van der Waals surface area (Å²) in [6.07, 6.45) is 0.707. The number of carbonyl (C=O) groups excluding carboxylic acids is 1. The highest BCUT2D eigenvalue weighted by atomic mass is 79.9. The molecule has 0 saturated carbocycles. The zero-order chi connectivity index (χ0) is 15.2. The second-order valence-electron chi connectivity index (χ2n) is 4.68. The highest BCUT2D eigenvalue weighted by molar-refractivity contribution is 9.09. The molecule has 2 aromatic carbocycles. The molecule has 3 nitrogen and oxygen atoms in total. The number of hydrogen-bond acceptors (Lipinski definition) is 2. The minimum absolute atomic E-state index is 0.0710. The molecule has 0 bridgehead atoms. The van der Waals surface area contributed by atoms with E-state index in [-0.39, 0.29) is 23.3 Å². The van der Waals surface area contributed by atoms with Crippen molar-refractivity contribution in [2.24, 2.45) is 0 Å². The topological polar surface area (TPSA) is 49.3 Å². The van der Waals surface area contributed by atoms with Gasteiger partial charge in [-0.05, 0) is 30.2 Å². The number of benzene rings is 2. The molecule has 1 unspecified atom stereocenters. The maximum Gasteiger partial charge on any atom is 0.255 e. The van der Waals surface area contributed by atoms with Crippen molar-refractivity contribution in [2.45, 2.75) is 12.5 Å². The maximum absolute atomic E-state index is 12.2. The second kappa shape index (κ2) is 7.48. The molecule has 0 aliphatic rings. The summed E-state index contributed by atoms with van der Waals surface area (Å²) in [5.41, 5.74) is 1.32. The molecule has 5 heteroatoms. The third-order valence-electron chi connectivity index (χ3n) is 3.05. The van der Waals surface area contributed by atoms with Crippen LogP contribution in [0, 0.1) is 0 Å². The maximum atomic E-state index is 12.2. The highest BCUT2D eigenvalue weighted by Gasteiger charge is 2.16. The van der Waals surface area contributed by atoms with Crippen molar-refractivity contribution in [2.75, 3.05) is 5.33 Å². The first kappa shape index (κ1) is 15.9. The van der Waals surface area contributed by atoms with Crippen molar-refractivity contribution in [3.63, 3.8) is 0 Å². The lowest BCUT2D eigenvalue weighted by Crippen LogP contribution is -2.37. The number of aromatic hydroxyl groups is 1. The van der Waals surface area contributed by atoms with E-state index >= 15 is 0 Å². The van der Waals surface area contributed by atoms with Crippen LogP contribution >= 0.6 is 27.5 Å². The van der Waals surface area contributed by atoms with Crippen molar-refractivity contribution >= 4 is 33.4 Å². The molecule has 0 aliphatic heterocycles. The van der Waals surface area contributed by atoms with Crippen molar-refractivity contribution in [1.29, 1.82) is 0 Å². The van der Waals surface area contributed by atoms with Gasteiger partial charge in [0.1, 0.15) is 5.75 Å². The predicted molar refractivity (Wildman–Crippen MR) is 88.3 cm³/mol. The Morgan fingerprint density at radius 3 is 2.62 bits per heavy atom. The van der Waals surface area contributed by atoms with Gasteiger partial charge in [0.2, 0.25) is 0 Å². The van der Waals surface area contributed by atoms with E-state index in [4.69, 9.17) is 11.6 Å². The van der Waals surface area contributed by atoms with Gasteiger partial charge in [-0.3, -0.25) is 4.79 Å². The highest BCUT2D eigenvalue weighted by Crippen LogP contribution is 2.21. The van der Waals surface area contributed by atoms with Crippen LogP contribution in [0.2, 0.25) is 5.02 Å². The molecule has 0 radical (unpaired) electrons. The van der Waals surface area contributed by atoms with Gasteiger partial charge in [-0.25, -0.2) is 0 Å². The van der Waals surface area contributed by atoms with E-state index in [2.05, 4.69) is 21.2 Å². The molecule has 0 aromatic heterocycles. The van der Waals surface area contributed by atoms with Gasteiger partial charge in [0.15, 0.2) is 0 Å². The Bertz CT molecular complexity index is 619. The van der Waals surface area contributed by atoms with Crippen molar-refractivity contribution in [3.8, 4) is 5.75 Å². The number of phenolic OH excluding ortho intramolecular Hbond substituents is 1. The van der Waals surface area contributed by atoms with Gasteiger partial charge < -0.3 is 10.4 Å². The van der Waals surface area contributed by atoms with E-state index in [0.717, 1.165) is 5.56 Å². The Morgan fingerprint density at radius 1 is 1.24 bits per heavy atom. The second-order valence-corrected chi connectivity index (χ2v) is 5.76. The molecule has 2 N–H and O–H groups in total. The molecule has 1 amide bonds. The summed E-state index contributed by atoms with van der Waals surface area (Å²) in [5.74, 6) is -0.416. The van der Waals surface area contributed by atoms with Crippen LogP contribution in [0.15, 0.2) is 48.5 Å². The zero-order valence-electron chi connectivity index (χ0n) is 11.2. The number of amides is 1. The minimum Gasteiger partial charge on any atom is -0.507 e. The first-order valence-corrected chi connectivity index (χ1v) is 7.99. The lowest BCUT2D eigenvalue weighted by Gasteiger charge is -2.17. The van der Waals surface area contributed by atoms with Gasteiger partial charge in [0.05, 0.1) is 5.56 Å². The Hall–Kier alpha value is -1.52. The Morgan fingerprint density at radius 2 is 1.95 bits per heavy atom. The fourth-order valence-electron chi connectivity index (χ4n) is 2.00. The average Bonchev–Trinajstić information content (AvgIpc) is 2.50. The molecule has 2 rings (SSSR count). The normalized spacial score (nSPS) is 11.9. The van der Waals surface area contributed by atoms with Crippen LogP contribution in [0.3, 0.4) is 0 Å². The van der Waals surface area contributed by atoms with Crippen molar-refractivity contribution < 1.29 is 9.90 Å². The number of halogens is 2. The number of phenols is 1. The SMILES string of the molecule is O=C(NC(CBr)Cc1ccccc1)c1cc(Cl)ccc1O. The summed E-state index contributed by atoms with van der Waals surface area (Å²) in [4.78, 5) is 12.2. The summed E-state index contributed by atoms with van der Waals surface area (Å²) >= 11 is 9.26. The molecule has 0 fully saturated rings.